The van der Waals surface area contributed by atoms with Crippen LogP contribution in [0.2, 0.25) is 0 Å². The number of nitrogens with one attached hydrogen (secondary N) is 1. The number of hydrogen-bond donors (Lipinski definition) is 2. The number of carbonyl (C=O) groups is 2. The zero-order chi connectivity index (χ0) is 20.3. The molecule has 0 saturated heterocycles. The quantitative estimate of drug-likeness (QED) is 0.625. The van der Waals surface area contributed by atoms with Gasteiger partial charge in [-0.05, 0) is 36.6 Å². The van der Waals surface area contributed by atoms with Crippen molar-refractivity contribution in [2.24, 2.45) is 0 Å². The summed E-state index contributed by atoms with van der Waals surface area (Å²) in [6.07, 6.45) is 3.82. The Bertz CT molecular complexity index is 1050. The lowest BCUT2D eigenvalue weighted by molar-refractivity contribution is 0.0691. The summed E-state index contributed by atoms with van der Waals surface area (Å²) in [7, 11) is 0. The van der Waals surface area contributed by atoms with E-state index in [1.165, 1.54) is 6.92 Å². The van der Waals surface area contributed by atoms with Gasteiger partial charge in [0, 0.05) is 11.1 Å². The van der Waals surface area contributed by atoms with Gasteiger partial charge < -0.3 is 14.9 Å². The molecule has 0 fully saturated rings. The van der Waals surface area contributed by atoms with Gasteiger partial charge in [-0.1, -0.05) is 37.2 Å². The number of aromatic carboxylic acids is 1. The lowest BCUT2D eigenvalue weighted by atomic mass is 10.1. The van der Waals surface area contributed by atoms with Crippen LogP contribution >= 0.6 is 11.3 Å². The minimum atomic E-state index is -1.26. The lowest BCUT2D eigenvalue weighted by Crippen LogP contribution is -2.16. The van der Waals surface area contributed by atoms with E-state index in [0.717, 1.165) is 16.3 Å². The molecule has 3 rings (SSSR count). The van der Waals surface area contributed by atoms with Gasteiger partial charge in [0.25, 0.3) is 5.91 Å². The van der Waals surface area contributed by atoms with Gasteiger partial charge in [-0.25, -0.2) is 9.78 Å². The molecule has 8 heteroatoms. The highest BCUT2D eigenvalue weighted by Crippen LogP contribution is 2.21. The molecular weight excluding hydrogens is 378 g/mol. The summed E-state index contributed by atoms with van der Waals surface area (Å²) in [5.41, 5.74) is 1.95. The number of nitrogens with zero attached hydrogens (tertiary/aromatic N) is 2. The van der Waals surface area contributed by atoms with Crippen LogP contribution in [0.4, 0.5) is 5.69 Å². The molecule has 0 bridgehead atoms. The molecule has 3 aromatic rings. The molecule has 7 nitrogen and oxygen atoms in total. The lowest BCUT2D eigenvalue weighted by Gasteiger charge is -2.04. The highest BCUT2D eigenvalue weighted by molar-refractivity contribution is 7.10. The third-order valence-corrected chi connectivity index (χ3v) is 4.81. The van der Waals surface area contributed by atoms with E-state index in [2.05, 4.69) is 29.3 Å². The Hall–Kier alpha value is -3.26. The molecule has 0 atom stereocenters. The number of thiazole rings is 1. The first kappa shape index (κ1) is 19.5. The standard InChI is InChI=1S/C20H19N3O4S/c1-11(2)15-10-28-16(22-15)8-7-13-5-4-6-14(9-13)21-19(24)18-17(20(25)26)12(3)27-23-18/h4-11H,1-3H3,(H,21,24)(H,25,26). The fraction of sp³-hybridized carbons (Fsp3) is 0.200. The van der Waals surface area contributed by atoms with Crippen LogP contribution in [0.15, 0.2) is 34.2 Å². The molecule has 28 heavy (non-hydrogen) atoms. The number of aryl methyl sites for hydroxylation is 1. The van der Waals surface area contributed by atoms with Gasteiger partial charge in [0.1, 0.15) is 16.3 Å². The normalized spacial score (nSPS) is 11.3. The van der Waals surface area contributed by atoms with Crippen LogP contribution in [0, 0.1) is 6.92 Å². The van der Waals surface area contributed by atoms with Crippen LogP contribution in [-0.4, -0.2) is 27.1 Å². The molecule has 2 aromatic heterocycles. The van der Waals surface area contributed by atoms with Gasteiger partial charge >= 0.3 is 5.97 Å². The summed E-state index contributed by atoms with van der Waals surface area (Å²) in [6.45, 7) is 5.64. The highest BCUT2D eigenvalue weighted by atomic mass is 32.1. The second-order valence-electron chi connectivity index (χ2n) is 6.45. The number of rotatable bonds is 6. The third-order valence-electron chi connectivity index (χ3n) is 3.99. The van der Waals surface area contributed by atoms with Gasteiger partial charge in [-0.2, -0.15) is 0 Å². The Labute approximate surface area is 165 Å². The molecule has 0 spiro atoms. The molecule has 1 aromatic carbocycles. The van der Waals surface area contributed by atoms with E-state index in [9.17, 15) is 14.7 Å². The van der Waals surface area contributed by atoms with E-state index in [0.29, 0.717) is 11.6 Å². The first-order chi connectivity index (χ1) is 13.3. The Balaban J connectivity index is 1.75. The summed E-state index contributed by atoms with van der Waals surface area (Å²) in [5.74, 6) is -1.44. The van der Waals surface area contributed by atoms with Crippen LogP contribution in [0.25, 0.3) is 12.2 Å². The van der Waals surface area contributed by atoms with E-state index in [-0.39, 0.29) is 17.0 Å². The third kappa shape index (κ3) is 4.34. The average Bonchev–Trinajstić information content (AvgIpc) is 3.27. The summed E-state index contributed by atoms with van der Waals surface area (Å²) >= 11 is 1.57. The minimum Gasteiger partial charge on any atom is -0.477 e. The Morgan fingerprint density at radius 2 is 2.07 bits per heavy atom. The molecule has 2 heterocycles. The zero-order valence-corrected chi connectivity index (χ0v) is 16.4. The topological polar surface area (TPSA) is 105 Å². The van der Waals surface area contributed by atoms with Gasteiger partial charge in [-0.15, -0.1) is 11.3 Å². The van der Waals surface area contributed by atoms with Gasteiger partial charge in [0.15, 0.2) is 5.69 Å². The highest BCUT2D eigenvalue weighted by Gasteiger charge is 2.25. The monoisotopic (exact) mass is 397 g/mol. The fourth-order valence-electron chi connectivity index (χ4n) is 2.50. The SMILES string of the molecule is Cc1onc(C(=O)Nc2cccc(C=Cc3nc(C(C)C)cs3)c2)c1C(=O)O. The average molecular weight is 397 g/mol. The van der Waals surface area contributed by atoms with Crippen molar-refractivity contribution in [3.63, 3.8) is 0 Å². The Morgan fingerprint density at radius 3 is 2.75 bits per heavy atom. The maximum Gasteiger partial charge on any atom is 0.341 e. The van der Waals surface area contributed by atoms with Crippen molar-refractivity contribution >= 4 is 41.1 Å². The number of benzene rings is 1. The summed E-state index contributed by atoms with van der Waals surface area (Å²) in [6, 6.07) is 7.18. The molecule has 1 amide bonds. The van der Waals surface area contributed by atoms with E-state index < -0.39 is 11.9 Å². The van der Waals surface area contributed by atoms with Crippen molar-refractivity contribution in [2.75, 3.05) is 5.32 Å². The maximum atomic E-state index is 12.4. The van der Waals surface area contributed by atoms with Gasteiger partial charge in [0.05, 0.1) is 5.69 Å². The largest absolute Gasteiger partial charge is 0.477 e. The van der Waals surface area contributed by atoms with Crippen LogP contribution in [0.3, 0.4) is 0 Å². The number of amides is 1. The zero-order valence-electron chi connectivity index (χ0n) is 15.6. The van der Waals surface area contributed by atoms with E-state index in [1.807, 2.05) is 23.6 Å². The molecule has 0 aliphatic rings. The number of carbonyl (C=O) groups excluding carboxylic acids is 1. The number of aromatic nitrogens is 2. The first-order valence-corrected chi connectivity index (χ1v) is 9.47. The smallest absolute Gasteiger partial charge is 0.341 e. The first-order valence-electron chi connectivity index (χ1n) is 8.59. The summed E-state index contributed by atoms with van der Waals surface area (Å²) in [4.78, 5) is 28.2. The second-order valence-corrected chi connectivity index (χ2v) is 7.34. The Kier molecular flexibility index (Phi) is 5.70. The molecular formula is C20H19N3O4S. The van der Waals surface area contributed by atoms with Crippen molar-refractivity contribution in [1.82, 2.24) is 10.1 Å². The van der Waals surface area contributed by atoms with Crippen molar-refractivity contribution in [1.29, 1.82) is 0 Å². The number of hydrogen-bond acceptors (Lipinski definition) is 6. The van der Waals surface area contributed by atoms with E-state index >= 15 is 0 Å². The predicted octanol–water partition coefficient (Wildman–Crippen LogP) is 4.68. The van der Waals surface area contributed by atoms with E-state index in [1.54, 1.807) is 29.5 Å². The maximum absolute atomic E-state index is 12.4. The molecule has 144 valence electrons. The van der Waals surface area contributed by atoms with Gasteiger partial charge in [0.2, 0.25) is 0 Å². The summed E-state index contributed by atoms with van der Waals surface area (Å²) < 4.78 is 4.84. The molecule has 0 saturated carbocycles. The number of carboxylic acids is 1. The molecule has 0 unspecified atom stereocenters. The van der Waals surface area contributed by atoms with Crippen molar-refractivity contribution < 1.29 is 19.2 Å². The molecule has 0 aliphatic heterocycles. The second kappa shape index (κ2) is 8.18. The van der Waals surface area contributed by atoms with Crippen LogP contribution in [0.5, 0.6) is 0 Å². The van der Waals surface area contributed by atoms with E-state index in [4.69, 9.17) is 4.52 Å². The minimum absolute atomic E-state index is 0.0820. The number of carboxylic acid groups (broad SMARTS) is 1. The Morgan fingerprint density at radius 1 is 1.29 bits per heavy atom. The number of anilines is 1. The molecule has 2 N–H and O–H groups in total. The van der Waals surface area contributed by atoms with Crippen LogP contribution < -0.4 is 5.32 Å². The predicted molar refractivity (Wildman–Crippen MR) is 108 cm³/mol. The van der Waals surface area contributed by atoms with Crippen LogP contribution in [-0.2, 0) is 0 Å². The summed E-state index contributed by atoms with van der Waals surface area (Å²) in [5, 5.41) is 18.4. The molecule has 0 radical (unpaired) electrons. The fourth-order valence-corrected chi connectivity index (χ4v) is 3.37. The van der Waals surface area contributed by atoms with Crippen molar-refractivity contribution in [2.45, 2.75) is 26.7 Å². The van der Waals surface area contributed by atoms with Crippen molar-refractivity contribution in [3.05, 3.63) is 62.9 Å². The van der Waals surface area contributed by atoms with Crippen molar-refractivity contribution in [3.8, 4) is 0 Å². The van der Waals surface area contributed by atoms with Gasteiger partial charge in [-0.3, -0.25) is 4.79 Å². The molecule has 0 aliphatic carbocycles. The van der Waals surface area contributed by atoms with Crippen LogP contribution in [0.1, 0.15) is 62.6 Å².